The molecule has 8 heavy (non-hydrogen) atoms. The van der Waals surface area contributed by atoms with Crippen LogP contribution < -0.4 is 0 Å². The Bertz CT molecular complexity index is 64.6. The molecular formula is C6H10Li2. The Hall–Kier alpha value is 0.935. The van der Waals surface area contributed by atoms with E-state index in [2.05, 4.69) is 61.4 Å². The molecule has 2 atom stereocenters. The van der Waals surface area contributed by atoms with Gasteiger partial charge in [0.05, 0.1) is 0 Å². The molecule has 36 valence electrons. The minimum absolute atomic E-state index is 0.706. The van der Waals surface area contributed by atoms with Gasteiger partial charge in [-0.2, -0.15) is 0 Å². The zero-order valence-electron chi connectivity index (χ0n) is 6.31. The molecule has 0 N–H and O–H groups in total. The Labute approximate surface area is 70.5 Å². The van der Waals surface area contributed by atoms with Gasteiger partial charge >= 0.3 is 70.6 Å². The Kier molecular flexibility index (Phi) is 5.34. The van der Waals surface area contributed by atoms with E-state index in [1.807, 2.05) is 0 Å². The number of rotatable bonds is 2. The van der Waals surface area contributed by atoms with Crippen molar-refractivity contribution in [1.29, 1.82) is 0 Å². The second-order valence-electron chi connectivity index (χ2n) is 2.87. The average Bonchev–Trinajstić information content (AvgIpc) is 1.61. The van der Waals surface area contributed by atoms with E-state index in [4.69, 9.17) is 0 Å². The molecule has 2 heteroatoms. The summed E-state index contributed by atoms with van der Waals surface area (Å²) in [6, 6.07) is 0. The third-order valence-corrected chi connectivity index (χ3v) is 0.881. The van der Waals surface area contributed by atoms with Gasteiger partial charge in [-0.25, -0.2) is 0 Å². The van der Waals surface area contributed by atoms with Crippen LogP contribution in [0.4, 0.5) is 0 Å². The van der Waals surface area contributed by atoms with Gasteiger partial charge < -0.3 is 0 Å². The Morgan fingerprint density at radius 1 is 1.00 bits per heavy atom. The van der Waals surface area contributed by atoms with E-state index in [1.54, 1.807) is 0 Å². The molecule has 0 bridgehead atoms. The van der Waals surface area contributed by atoms with Crippen LogP contribution >= 0.6 is 0 Å². The molecule has 0 fully saturated rings. The summed E-state index contributed by atoms with van der Waals surface area (Å²) >= 11 is 4.39. The molecule has 0 nitrogen and oxygen atoms in total. The second kappa shape index (κ2) is 4.78. The number of hydrogen-bond donors (Lipinski definition) is 0. The van der Waals surface area contributed by atoms with Crippen LogP contribution in [0.25, 0.3) is 0 Å². The normalized spacial score (nSPS) is 19.2. The van der Waals surface area contributed by atoms with Crippen molar-refractivity contribution < 1.29 is 0 Å². The third-order valence-electron chi connectivity index (χ3n) is 0.881. The molecule has 0 aromatic heterocycles. The van der Waals surface area contributed by atoms with Gasteiger partial charge in [0, 0.05) is 0 Å². The molecule has 0 saturated heterocycles. The monoisotopic (exact) mass is 96.1 g/mol. The molecule has 0 rings (SSSR count). The van der Waals surface area contributed by atoms with Crippen LogP contribution in [0, 0.1) is 0 Å². The first-order chi connectivity index (χ1) is 3.63. The summed E-state index contributed by atoms with van der Waals surface area (Å²) in [6.07, 6.45) is 4.48. The molecular weight excluding hydrogens is 85.9 g/mol. The van der Waals surface area contributed by atoms with Gasteiger partial charge in [-0.15, -0.1) is 0 Å². The van der Waals surface area contributed by atoms with Crippen molar-refractivity contribution >= 4 is 35.4 Å². The van der Waals surface area contributed by atoms with Crippen LogP contribution in [0.2, 0.25) is 9.18 Å². The van der Waals surface area contributed by atoms with Gasteiger partial charge in [-0.1, -0.05) is 0 Å². The zero-order chi connectivity index (χ0) is 6.57. The molecule has 2 unspecified atom stereocenters. The van der Waals surface area contributed by atoms with Crippen molar-refractivity contribution in [3.63, 3.8) is 0 Å². The molecule has 0 aliphatic heterocycles. The average molecular weight is 96.0 g/mol. The molecule has 0 aliphatic rings. The number of hydrogen-bond acceptors (Lipinski definition) is 0. The predicted octanol–water partition coefficient (Wildman–Crippen LogP) is 1.50. The molecule has 0 heterocycles. The maximum absolute atomic E-state index is 2.24. The van der Waals surface area contributed by atoms with Crippen LogP contribution in [-0.4, -0.2) is 35.4 Å². The molecule has 0 radical (unpaired) electrons. The van der Waals surface area contributed by atoms with Crippen molar-refractivity contribution in [3.05, 3.63) is 12.2 Å². The summed E-state index contributed by atoms with van der Waals surface area (Å²) in [6.45, 7) is 4.39. The van der Waals surface area contributed by atoms with E-state index >= 15 is 0 Å². The molecule has 0 amide bonds. The van der Waals surface area contributed by atoms with E-state index < -0.39 is 0 Å². The summed E-state index contributed by atoms with van der Waals surface area (Å²) in [5.74, 6) is 0. The van der Waals surface area contributed by atoms with Gasteiger partial charge in [0.2, 0.25) is 0 Å². The fraction of sp³-hybridized carbons (Fsp3) is 0.667. The molecule has 0 saturated carbocycles. The maximum atomic E-state index is 2.24. The van der Waals surface area contributed by atoms with Crippen molar-refractivity contribution in [2.75, 3.05) is 0 Å². The summed E-state index contributed by atoms with van der Waals surface area (Å²) in [5, 5.41) is 0. The Balaban J connectivity index is 3.34. The van der Waals surface area contributed by atoms with Crippen molar-refractivity contribution in [2.45, 2.75) is 23.0 Å². The summed E-state index contributed by atoms with van der Waals surface area (Å²) in [5.41, 5.74) is 0. The third kappa shape index (κ3) is 6.93. The van der Waals surface area contributed by atoms with Gasteiger partial charge in [0.25, 0.3) is 0 Å². The first-order valence-corrected chi connectivity index (χ1v) is 3.31. The van der Waals surface area contributed by atoms with E-state index in [0.717, 1.165) is 0 Å². The topological polar surface area (TPSA) is 0 Å². The SMILES string of the molecule is [Li][CH](C)C=C[CH]([Li])C. The minimum atomic E-state index is 0.706. The van der Waals surface area contributed by atoms with Crippen LogP contribution in [0.3, 0.4) is 0 Å². The van der Waals surface area contributed by atoms with Gasteiger partial charge in [-0.05, 0) is 0 Å². The van der Waals surface area contributed by atoms with Gasteiger partial charge in [-0.3, -0.25) is 0 Å². The van der Waals surface area contributed by atoms with Crippen molar-refractivity contribution in [3.8, 4) is 0 Å². The Morgan fingerprint density at radius 2 is 1.25 bits per heavy atom. The quantitative estimate of drug-likeness (QED) is 0.361. The molecule has 0 aromatic carbocycles. The van der Waals surface area contributed by atoms with Crippen LogP contribution in [0.5, 0.6) is 0 Å². The van der Waals surface area contributed by atoms with Crippen molar-refractivity contribution in [2.24, 2.45) is 0 Å². The standard InChI is InChI=1S/C6H10.2Li/c1-3-5-6-4-2;;/h3-6H,1-2H3;;. The first kappa shape index (κ1) is 8.93. The van der Waals surface area contributed by atoms with Crippen molar-refractivity contribution in [1.82, 2.24) is 0 Å². The van der Waals surface area contributed by atoms with E-state index in [-0.39, 0.29) is 0 Å². The molecule has 0 aliphatic carbocycles. The summed E-state index contributed by atoms with van der Waals surface area (Å²) in [4.78, 5) is 0. The van der Waals surface area contributed by atoms with E-state index in [0.29, 0.717) is 9.18 Å². The summed E-state index contributed by atoms with van der Waals surface area (Å²) in [7, 11) is 0. The first-order valence-electron chi connectivity index (χ1n) is 3.31. The van der Waals surface area contributed by atoms with Crippen LogP contribution in [0.15, 0.2) is 12.2 Å². The molecule has 0 spiro atoms. The van der Waals surface area contributed by atoms with Crippen LogP contribution in [-0.2, 0) is 0 Å². The number of allylic oxidation sites excluding steroid dienone is 2. The molecule has 0 aromatic rings. The van der Waals surface area contributed by atoms with Crippen LogP contribution in [0.1, 0.15) is 13.8 Å². The van der Waals surface area contributed by atoms with Gasteiger partial charge in [0.1, 0.15) is 0 Å². The van der Waals surface area contributed by atoms with E-state index in [1.165, 1.54) is 0 Å². The fourth-order valence-corrected chi connectivity index (χ4v) is 0.444. The predicted molar refractivity (Wildman–Crippen MR) is 39.5 cm³/mol. The summed E-state index contributed by atoms with van der Waals surface area (Å²) < 4.78 is 1.41. The van der Waals surface area contributed by atoms with E-state index in [9.17, 15) is 0 Å². The fourth-order valence-electron chi connectivity index (χ4n) is 0.444. The second-order valence-corrected chi connectivity index (χ2v) is 2.87. The Morgan fingerprint density at radius 3 is 1.38 bits per heavy atom. The van der Waals surface area contributed by atoms with Gasteiger partial charge in [0.15, 0.2) is 0 Å². The zero-order valence-corrected chi connectivity index (χ0v) is 6.31.